The van der Waals surface area contributed by atoms with Gasteiger partial charge in [-0.05, 0) is 64.8 Å². The zero-order valence-corrected chi connectivity index (χ0v) is 20.5. The number of nitrogens with one attached hydrogen (secondary N) is 3. The first kappa shape index (κ1) is 23.1. The molecule has 3 saturated heterocycles. The molecule has 34 heavy (non-hydrogen) atoms. The highest BCUT2D eigenvalue weighted by Crippen LogP contribution is 2.52. The van der Waals surface area contributed by atoms with Crippen LogP contribution in [0.25, 0.3) is 0 Å². The molecule has 1 aromatic rings. The summed E-state index contributed by atoms with van der Waals surface area (Å²) in [5.41, 5.74) is 0.449. The number of piperidine rings is 1. The number of nitrogens with zero attached hydrogens (tertiary/aromatic N) is 1. The minimum atomic E-state index is -0.771. The third-order valence-electron chi connectivity index (χ3n) is 7.44. The van der Waals surface area contributed by atoms with Gasteiger partial charge in [-0.3, -0.25) is 14.4 Å². The zero-order chi connectivity index (χ0) is 24.5. The number of amides is 3. The molecule has 8 nitrogen and oxygen atoms in total. The van der Waals surface area contributed by atoms with Crippen LogP contribution in [0.2, 0.25) is 0 Å². The summed E-state index contributed by atoms with van der Waals surface area (Å²) in [5, 5.41) is 9.64. The molecule has 3 N–H and O–H groups in total. The van der Waals surface area contributed by atoms with Crippen molar-refractivity contribution in [2.45, 2.75) is 76.3 Å². The summed E-state index contributed by atoms with van der Waals surface area (Å²) in [6, 6.07) is 7.20. The maximum Gasteiger partial charge on any atom is 0.234 e. The van der Waals surface area contributed by atoms with Crippen molar-refractivity contribution in [3.8, 4) is 0 Å². The molecule has 4 aliphatic heterocycles. The third kappa shape index (κ3) is 3.92. The fraction of sp³-hybridized carbons (Fsp3) is 0.577. The van der Waals surface area contributed by atoms with Gasteiger partial charge in [-0.15, -0.1) is 0 Å². The molecule has 0 aliphatic carbocycles. The standard InChI is InChI=1S/C26H34N4O4/c1-15(31)27-16-6-8-18(9-7-16)30-14-26-11-10-19(34-26)20(21(26)23(30)33)22(32)28-17-12-24(2,3)29-25(4,5)13-17/h6-11,17,19-21,29H,12-14H2,1-5H3,(H,27,31)(H,28,32)/t19?,20?,21?,26-/m1/s1. The van der Waals surface area contributed by atoms with E-state index in [0.29, 0.717) is 12.2 Å². The zero-order valence-electron chi connectivity index (χ0n) is 20.5. The van der Waals surface area contributed by atoms with Gasteiger partial charge in [-0.2, -0.15) is 0 Å². The Morgan fingerprint density at radius 3 is 2.35 bits per heavy atom. The van der Waals surface area contributed by atoms with Crippen LogP contribution in [0, 0.1) is 11.8 Å². The van der Waals surface area contributed by atoms with Gasteiger partial charge in [0.25, 0.3) is 0 Å². The van der Waals surface area contributed by atoms with Gasteiger partial charge in [-0.1, -0.05) is 12.2 Å². The molecule has 0 saturated carbocycles. The summed E-state index contributed by atoms with van der Waals surface area (Å²) in [4.78, 5) is 40.1. The number of benzene rings is 1. The van der Waals surface area contributed by atoms with E-state index in [1.54, 1.807) is 17.0 Å². The highest BCUT2D eigenvalue weighted by Gasteiger charge is 2.67. The Morgan fingerprint density at radius 1 is 1.09 bits per heavy atom. The first-order valence-corrected chi connectivity index (χ1v) is 12.0. The molecule has 4 aliphatic rings. The van der Waals surface area contributed by atoms with Crippen molar-refractivity contribution in [3.05, 3.63) is 36.4 Å². The Balaban J connectivity index is 1.34. The van der Waals surface area contributed by atoms with E-state index in [1.807, 2.05) is 24.3 Å². The van der Waals surface area contributed by atoms with Crippen LogP contribution >= 0.6 is 0 Å². The SMILES string of the molecule is CC(=O)Nc1ccc(N2C[C@@]34C=CC(O3)C(C(=O)NC3CC(C)(C)NC(C)(C)C3)C4C2=O)cc1. The maximum absolute atomic E-state index is 13.6. The average Bonchev–Trinajstić information content (AvgIpc) is 3.34. The van der Waals surface area contributed by atoms with Crippen molar-refractivity contribution in [3.63, 3.8) is 0 Å². The molecule has 8 heteroatoms. The normalized spacial score (nSPS) is 33.1. The predicted octanol–water partition coefficient (Wildman–Crippen LogP) is 2.36. The lowest BCUT2D eigenvalue weighted by Gasteiger charge is -2.47. The summed E-state index contributed by atoms with van der Waals surface area (Å²) in [6.07, 6.45) is 5.18. The van der Waals surface area contributed by atoms with Crippen molar-refractivity contribution in [1.29, 1.82) is 0 Å². The number of carbonyl (C=O) groups excluding carboxylic acids is 3. The van der Waals surface area contributed by atoms with Gasteiger partial charge < -0.3 is 25.6 Å². The van der Waals surface area contributed by atoms with Gasteiger partial charge in [0, 0.05) is 35.4 Å². The lowest BCUT2D eigenvalue weighted by Crippen LogP contribution is -2.62. The summed E-state index contributed by atoms with van der Waals surface area (Å²) in [5.74, 6) is -1.42. The number of ether oxygens (including phenoxy) is 1. The second-order valence-electron chi connectivity index (χ2n) is 11.6. The molecule has 4 heterocycles. The lowest BCUT2D eigenvalue weighted by atomic mass is 9.75. The van der Waals surface area contributed by atoms with E-state index in [2.05, 4.69) is 43.6 Å². The molecule has 1 aromatic carbocycles. The summed E-state index contributed by atoms with van der Waals surface area (Å²) < 4.78 is 6.28. The predicted molar refractivity (Wildman–Crippen MR) is 129 cm³/mol. The molecule has 0 radical (unpaired) electrons. The van der Waals surface area contributed by atoms with E-state index in [1.165, 1.54) is 6.92 Å². The second-order valence-corrected chi connectivity index (χ2v) is 11.6. The van der Waals surface area contributed by atoms with Crippen molar-refractivity contribution < 1.29 is 19.1 Å². The molecule has 3 unspecified atom stereocenters. The Labute approximate surface area is 200 Å². The molecular weight excluding hydrogens is 432 g/mol. The van der Waals surface area contributed by atoms with E-state index in [0.717, 1.165) is 18.5 Å². The van der Waals surface area contributed by atoms with Gasteiger partial charge in [0.05, 0.1) is 24.5 Å². The van der Waals surface area contributed by atoms with Crippen LogP contribution in [0.5, 0.6) is 0 Å². The van der Waals surface area contributed by atoms with Gasteiger partial charge in [0.1, 0.15) is 5.60 Å². The molecule has 3 amide bonds. The van der Waals surface area contributed by atoms with Gasteiger partial charge >= 0.3 is 0 Å². The topological polar surface area (TPSA) is 99.8 Å². The number of anilines is 2. The van der Waals surface area contributed by atoms with Gasteiger partial charge in [0.2, 0.25) is 17.7 Å². The van der Waals surface area contributed by atoms with Crippen LogP contribution < -0.4 is 20.9 Å². The highest BCUT2D eigenvalue weighted by molar-refractivity contribution is 6.03. The minimum Gasteiger partial charge on any atom is -0.360 e. The van der Waals surface area contributed by atoms with Gasteiger partial charge in [-0.25, -0.2) is 0 Å². The van der Waals surface area contributed by atoms with E-state index >= 15 is 0 Å². The average molecular weight is 467 g/mol. The smallest absolute Gasteiger partial charge is 0.234 e. The van der Waals surface area contributed by atoms with Crippen LogP contribution in [0.15, 0.2) is 36.4 Å². The third-order valence-corrected chi connectivity index (χ3v) is 7.44. The molecule has 1 spiro atoms. The Morgan fingerprint density at radius 2 is 1.74 bits per heavy atom. The number of hydrogen-bond donors (Lipinski definition) is 3. The number of fused-ring (bicyclic) bond motifs is 1. The minimum absolute atomic E-state index is 0.0340. The highest BCUT2D eigenvalue weighted by atomic mass is 16.5. The number of rotatable bonds is 4. The van der Waals surface area contributed by atoms with Crippen molar-refractivity contribution in [2.75, 3.05) is 16.8 Å². The van der Waals surface area contributed by atoms with Crippen LogP contribution in [-0.2, 0) is 19.1 Å². The monoisotopic (exact) mass is 466 g/mol. The quantitative estimate of drug-likeness (QED) is 0.592. The van der Waals surface area contributed by atoms with Crippen molar-refractivity contribution in [2.24, 2.45) is 11.8 Å². The van der Waals surface area contributed by atoms with E-state index < -0.39 is 17.4 Å². The molecule has 3 fully saturated rings. The first-order valence-electron chi connectivity index (χ1n) is 12.0. The van der Waals surface area contributed by atoms with Crippen LogP contribution in [0.3, 0.4) is 0 Å². The van der Waals surface area contributed by atoms with E-state index in [9.17, 15) is 14.4 Å². The summed E-state index contributed by atoms with van der Waals surface area (Å²) in [7, 11) is 0. The number of carbonyl (C=O) groups is 3. The summed E-state index contributed by atoms with van der Waals surface area (Å²) >= 11 is 0. The van der Waals surface area contributed by atoms with Crippen LogP contribution in [0.4, 0.5) is 11.4 Å². The molecular formula is C26H34N4O4. The van der Waals surface area contributed by atoms with Crippen LogP contribution in [-0.4, -0.2) is 53.1 Å². The number of hydrogen-bond acceptors (Lipinski definition) is 5. The summed E-state index contributed by atoms with van der Waals surface area (Å²) in [6.45, 7) is 10.4. The lowest BCUT2D eigenvalue weighted by molar-refractivity contribution is -0.132. The first-order chi connectivity index (χ1) is 15.9. The molecule has 182 valence electrons. The van der Waals surface area contributed by atoms with Crippen molar-refractivity contribution in [1.82, 2.24) is 10.6 Å². The fourth-order valence-electron chi connectivity index (χ4n) is 6.67. The largest absolute Gasteiger partial charge is 0.360 e. The van der Waals surface area contributed by atoms with Gasteiger partial charge in [0.15, 0.2) is 0 Å². The van der Waals surface area contributed by atoms with E-state index in [4.69, 9.17) is 4.74 Å². The van der Waals surface area contributed by atoms with E-state index in [-0.39, 0.29) is 40.9 Å². The fourth-order valence-corrected chi connectivity index (χ4v) is 6.67. The Bertz CT molecular complexity index is 1050. The molecule has 5 rings (SSSR count). The van der Waals surface area contributed by atoms with Crippen LogP contribution in [0.1, 0.15) is 47.5 Å². The molecule has 2 bridgehead atoms. The Hall–Kier alpha value is -2.71. The Kier molecular flexibility index (Phi) is 5.19. The van der Waals surface area contributed by atoms with Crippen molar-refractivity contribution >= 4 is 29.1 Å². The second kappa shape index (κ2) is 7.65. The maximum atomic E-state index is 13.6. The molecule has 0 aromatic heterocycles. The molecule has 4 atom stereocenters.